The van der Waals surface area contributed by atoms with E-state index in [-0.39, 0.29) is 16.5 Å². The minimum atomic E-state index is -0.488. The lowest BCUT2D eigenvalue weighted by molar-refractivity contribution is -0.123. The molecule has 1 heterocycles. The Morgan fingerprint density at radius 1 is 1.08 bits per heavy atom. The van der Waals surface area contributed by atoms with Crippen LogP contribution in [0.2, 0.25) is 5.02 Å². The Labute approximate surface area is 218 Å². The topological polar surface area (TPSA) is 55.8 Å². The molecule has 5 nitrogen and oxygen atoms in total. The highest BCUT2D eigenvalue weighted by Gasteiger charge is 2.35. The summed E-state index contributed by atoms with van der Waals surface area (Å²) in [6.45, 7) is 4.16. The second-order valence-corrected chi connectivity index (χ2v) is 9.38. The Bertz CT molecular complexity index is 1340. The number of hydrogen-bond acceptors (Lipinski definition) is 5. The number of ether oxygens (including phenoxy) is 2. The maximum absolute atomic E-state index is 13.4. The molecule has 1 aliphatic heterocycles. The minimum absolute atomic E-state index is 0.0432. The molecule has 0 bridgehead atoms. The molecule has 184 valence electrons. The lowest BCUT2D eigenvalue weighted by Crippen LogP contribution is -2.27. The highest BCUT2D eigenvalue weighted by atomic mass is 35.5. The third-order valence-corrected chi connectivity index (χ3v) is 6.74. The predicted octanol–water partition coefficient (Wildman–Crippen LogP) is 7.03. The van der Waals surface area contributed by atoms with Crippen LogP contribution < -0.4 is 9.47 Å². The monoisotopic (exact) mass is 523 g/mol. The Hall–Kier alpha value is -3.55. The molecule has 3 aromatic rings. The molecule has 0 spiro atoms. The van der Waals surface area contributed by atoms with Crippen LogP contribution in [0.1, 0.15) is 22.3 Å². The number of carbonyl (C=O) groups is 2. The SMILES string of the molecule is C=CCc1cc(/C=C2\SC(=O)N(Cc3ccc(F)cc3Cl)C2=O)cc(OC)c1OCc1ccccc1. The first kappa shape index (κ1) is 25.5. The van der Waals surface area contributed by atoms with Gasteiger partial charge in [-0.15, -0.1) is 6.58 Å². The van der Waals surface area contributed by atoms with Gasteiger partial charge in [0.15, 0.2) is 11.5 Å². The van der Waals surface area contributed by atoms with Crippen molar-refractivity contribution in [3.05, 3.63) is 111 Å². The summed E-state index contributed by atoms with van der Waals surface area (Å²) in [7, 11) is 1.55. The van der Waals surface area contributed by atoms with Crippen molar-refractivity contribution in [2.75, 3.05) is 7.11 Å². The molecule has 4 rings (SSSR count). The Balaban J connectivity index is 1.60. The average Bonchev–Trinajstić information content (AvgIpc) is 3.12. The maximum Gasteiger partial charge on any atom is 0.293 e. The Morgan fingerprint density at radius 3 is 2.56 bits per heavy atom. The van der Waals surface area contributed by atoms with Crippen LogP contribution in [0.25, 0.3) is 6.08 Å². The van der Waals surface area contributed by atoms with Gasteiger partial charge in [-0.1, -0.05) is 54.1 Å². The summed E-state index contributed by atoms with van der Waals surface area (Å²) in [6.07, 6.45) is 3.92. The zero-order chi connectivity index (χ0) is 25.7. The first-order valence-electron chi connectivity index (χ1n) is 11.1. The summed E-state index contributed by atoms with van der Waals surface area (Å²) in [5.41, 5.74) is 3.02. The van der Waals surface area contributed by atoms with Crippen molar-refractivity contribution in [3.8, 4) is 11.5 Å². The molecule has 0 atom stereocenters. The number of benzene rings is 3. The van der Waals surface area contributed by atoms with Gasteiger partial charge in [0, 0.05) is 10.6 Å². The molecule has 1 fully saturated rings. The first-order chi connectivity index (χ1) is 17.4. The molecule has 0 unspecified atom stereocenters. The van der Waals surface area contributed by atoms with Crippen LogP contribution in [-0.2, 0) is 24.4 Å². The second kappa shape index (κ2) is 11.5. The zero-order valence-electron chi connectivity index (χ0n) is 19.5. The summed E-state index contributed by atoms with van der Waals surface area (Å²) in [5.74, 6) is 0.170. The molecule has 0 saturated carbocycles. The van der Waals surface area contributed by atoms with Gasteiger partial charge in [-0.25, -0.2) is 4.39 Å². The fourth-order valence-corrected chi connectivity index (χ4v) is 4.79. The van der Waals surface area contributed by atoms with E-state index >= 15 is 0 Å². The van der Waals surface area contributed by atoms with Gasteiger partial charge in [-0.2, -0.15) is 0 Å². The number of imide groups is 1. The smallest absolute Gasteiger partial charge is 0.293 e. The number of rotatable bonds is 9. The number of nitrogens with zero attached hydrogens (tertiary/aromatic N) is 1. The van der Waals surface area contributed by atoms with Crippen molar-refractivity contribution < 1.29 is 23.5 Å². The molecule has 0 radical (unpaired) electrons. The fourth-order valence-electron chi connectivity index (χ4n) is 3.73. The molecular weight excluding hydrogens is 501 g/mol. The van der Waals surface area contributed by atoms with E-state index in [0.717, 1.165) is 33.9 Å². The second-order valence-electron chi connectivity index (χ2n) is 7.98. The van der Waals surface area contributed by atoms with Gasteiger partial charge >= 0.3 is 0 Å². The Kier molecular flexibility index (Phi) is 8.13. The molecule has 36 heavy (non-hydrogen) atoms. The van der Waals surface area contributed by atoms with Crippen molar-refractivity contribution in [1.82, 2.24) is 4.90 Å². The van der Waals surface area contributed by atoms with Crippen molar-refractivity contribution >= 4 is 40.6 Å². The summed E-state index contributed by atoms with van der Waals surface area (Å²) in [6, 6.07) is 17.3. The number of amides is 2. The molecule has 0 N–H and O–H groups in total. The van der Waals surface area contributed by atoms with Gasteiger partial charge in [0.1, 0.15) is 12.4 Å². The van der Waals surface area contributed by atoms with Crippen LogP contribution >= 0.6 is 23.4 Å². The van der Waals surface area contributed by atoms with E-state index in [0.29, 0.717) is 35.7 Å². The third kappa shape index (κ3) is 5.80. The molecule has 3 aromatic carbocycles. The van der Waals surface area contributed by atoms with Gasteiger partial charge in [-0.05, 0) is 65.2 Å². The van der Waals surface area contributed by atoms with E-state index in [9.17, 15) is 14.0 Å². The van der Waals surface area contributed by atoms with Gasteiger partial charge in [0.2, 0.25) is 0 Å². The van der Waals surface area contributed by atoms with E-state index in [1.165, 1.54) is 12.1 Å². The van der Waals surface area contributed by atoms with Crippen molar-refractivity contribution in [3.63, 3.8) is 0 Å². The third-order valence-electron chi connectivity index (χ3n) is 5.48. The maximum atomic E-state index is 13.4. The quantitative estimate of drug-likeness (QED) is 0.222. The molecule has 0 aliphatic carbocycles. The highest BCUT2D eigenvalue weighted by molar-refractivity contribution is 8.18. The largest absolute Gasteiger partial charge is 0.493 e. The number of hydrogen-bond donors (Lipinski definition) is 0. The number of methoxy groups -OCH3 is 1. The van der Waals surface area contributed by atoms with Crippen molar-refractivity contribution in [1.29, 1.82) is 0 Å². The zero-order valence-corrected chi connectivity index (χ0v) is 21.1. The molecule has 2 amide bonds. The van der Waals surface area contributed by atoms with Crippen LogP contribution in [0.3, 0.4) is 0 Å². The average molecular weight is 524 g/mol. The van der Waals surface area contributed by atoms with Gasteiger partial charge in [0.25, 0.3) is 11.1 Å². The number of halogens is 2. The standard InChI is InChI=1S/C28H23ClFNO4S/c1-3-7-20-12-19(13-24(34-2)26(20)35-17-18-8-5-4-6-9-18)14-25-27(32)31(28(33)36-25)16-21-10-11-22(30)15-23(21)29/h3-6,8-15H,1,7,16-17H2,2H3/b25-14-. The van der Waals surface area contributed by atoms with Crippen LogP contribution in [0.5, 0.6) is 11.5 Å². The van der Waals surface area contributed by atoms with E-state index in [1.54, 1.807) is 25.3 Å². The van der Waals surface area contributed by atoms with E-state index in [2.05, 4.69) is 6.58 Å². The van der Waals surface area contributed by atoms with Crippen LogP contribution in [-0.4, -0.2) is 23.2 Å². The predicted molar refractivity (Wildman–Crippen MR) is 141 cm³/mol. The van der Waals surface area contributed by atoms with Crippen LogP contribution in [0.15, 0.2) is 78.2 Å². The summed E-state index contributed by atoms with van der Waals surface area (Å²) in [4.78, 5) is 27.0. The van der Waals surface area contributed by atoms with Crippen LogP contribution in [0.4, 0.5) is 9.18 Å². The lowest BCUT2D eigenvalue weighted by Gasteiger charge is -2.16. The number of allylic oxidation sites excluding steroid dienone is 1. The fraction of sp³-hybridized carbons (Fsp3) is 0.143. The number of carbonyl (C=O) groups excluding carboxylic acids is 2. The van der Waals surface area contributed by atoms with Gasteiger partial charge in [0.05, 0.1) is 18.6 Å². The normalized spacial score (nSPS) is 14.4. The van der Waals surface area contributed by atoms with E-state index in [4.69, 9.17) is 21.1 Å². The summed E-state index contributed by atoms with van der Waals surface area (Å²) >= 11 is 6.92. The van der Waals surface area contributed by atoms with E-state index < -0.39 is 17.0 Å². The highest BCUT2D eigenvalue weighted by Crippen LogP contribution is 2.38. The first-order valence-corrected chi connectivity index (χ1v) is 12.3. The summed E-state index contributed by atoms with van der Waals surface area (Å²) in [5, 5.41) is -0.268. The molecule has 8 heteroatoms. The number of thioether (sulfide) groups is 1. The van der Waals surface area contributed by atoms with Gasteiger partial charge < -0.3 is 9.47 Å². The molecule has 1 aliphatic rings. The molecular formula is C28H23ClFNO4S. The van der Waals surface area contributed by atoms with Crippen molar-refractivity contribution in [2.24, 2.45) is 0 Å². The Morgan fingerprint density at radius 2 is 1.86 bits per heavy atom. The van der Waals surface area contributed by atoms with E-state index in [1.807, 2.05) is 36.4 Å². The van der Waals surface area contributed by atoms with Gasteiger partial charge in [-0.3, -0.25) is 14.5 Å². The van der Waals surface area contributed by atoms with Crippen LogP contribution in [0, 0.1) is 5.82 Å². The van der Waals surface area contributed by atoms with Crippen molar-refractivity contribution in [2.45, 2.75) is 19.6 Å². The lowest BCUT2D eigenvalue weighted by atomic mass is 10.0. The summed E-state index contributed by atoms with van der Waals surface area (Å²) < 4.78 is 25.1. The molecule has 0 aromatic heterocycles. The minimum Gasteiger partial charge on any atom is -0.493 e. The molecule has 1 saturated heterocycles.